The van der Waals surface area contributed by atoms with Crippen molar-refractivity contribution in [1.82, 2.24) is 0 Å². The summed E-state index contributed by atoms with van der Waals surface area (Å²) in [6.45, 7) is 5.73. The van der Waals surface area contributed by atoms with Crippen LogP contribution in [0.4, 0.5) is 0 Å². The van der Waals surface area contributed by atoms with E-state index in [1.807, 2.05) is 0 Å². The minimum atomic E-state index is -0.916. The molecule has 71 heavy (non-hydrogen) atoms. The molecule has 0 spiro atoms. The second-order valence-electron chi connectivity index (χ2n) is 21.2. The smallest absolute Gasteiger partial charge is 0.550 e. The van der Waals surface area contributed by atoms with Crippen LogP contribution in [0.3, 0.4) is 0 Å². The number of esters is 2. The molecule has 0 N–H and O–H groups in total. The quantitative estimate of drug-likeness (QED) is 0.0334. The number of hydrogen-bond acceptors (Lipinski definition) is 8. The first kappa shape index (κ1) is 73.7. The van der Waals surface area contributed by atoms with Crippen molar-refractivity contribution in [3.63, 3.8) is 0 Å². The van der Waals surface area contributed by atoms with Crippen molar-refractivity contribution in [2.75, 3.05) is 13.2 Å². The Kier molecular flexibility index (Phi) is 69.1. The van der Waals surface area contributed by atoms with Gasteiger partial charge in [0.25, 0.3) is 0 Å². The van der Waals surface area contributed by atoms with Crippen molar-refractivity contribution >= 4 is 23.9 Å². The van der Waals surface area contributed by atoms with Crippen molar-refractivity contribution in [3.05, 3.63) is 0 Å². The number of ether oxygens (including phenoxy) is 2. The molecule has 9 heteroatoms. The van der Waals surface area contributed by atoms with Gasteiger partial charge in [0.15, 0.2) is 0 Å². The standard InChI is InChI=1S/2C31H60O4.Zn/c2*1-2-3-4-5-6-7-16-19-22-25-28-31(34)35-29-26-23-20-17-14-12-10-8-9-11-13-15-18-21-24-27-30(32)33;/h2*2-29H2,1H3,(H,32,33);/q;;+2/p-2. The summed E-state index contributed by atoms with van der Waals surface area (Å²) in [5.41, 5.74) is 0. The van der Waals surface area contributed by atoms with Gasteiger partial charge >= 0.3 is 31.4 Å². The molecule has 0 aliphatic carbocycles. The van der Waals surface area contributed by atoms with Gasteiger partial charge in [-0.25, -0.2) is 0 Å². The SMILES string of the molecule is CCCCCCCCCCCCC(=O)OCCCCCCCCCCCCCCCCCC(=O)[O-].CCCCCCCCCCCCC(=O)OCCCCCCCCCCCCCCCCCC(=O)[O-].[Zn+2]. The molecule has 0 bridgehead atoms. The zero-order chi connectivity index (χ0) is 51.3. The molecule has 0 aliphatic heterocycles. The molecule has 0 aromatic rings. The molecule has 0 radical (unpaired) electrons. The molecule has 0 amide bonds. The molecule has 0 rings (SSSR count). The van der Waals surface area contributed by atoms with Gasteiger partial charge in [0.2, 0.25) is 0 Å². The Hall–Kier alpha value is -1.50. The van der Waals surface area contributed by atoms with Gasteiger partial charge in [0.05, 0.1) is 13.2 Å². The average Bonchev–Trinajstić information content (AvgIpc) is 3.34. The first-order valence-corrected chi connectivity index (χ1v) is 31.0. The number of aliphatic carboxylic acids is 2. The Bertz CT molecular complexity index is 988. The molecule has 0 heterocycles. The van der Waals surface area contributed by atoms with Gasteiger partial charge in [-0.15, -0.1) is 0 Å². The van der Waals surface area contributed by atoms with Crippen LogP contribution in [0.15, 0.2) is 0 Å². The van der Waals surface area contributed by atoms with Crippen molar-refractivity contribution in [3.8, 4) is 0 Å². The van der Waals surface area contributed by atoms with Crippen molar-refractivity contribution in [2.24, 2.45) is 0 Å². The first-order valence-electron chi connectivity index (χ1n) is 31.0. The molecule has 0 saturated carbocycles. The van der Waals surface area contributed by atoms with E-state index >= 15 is 0 Å². The Labute approximate surface area is 453 Å². The molecule has 0 saturated heterocycles. The molecule has 416 valence electrons. The molecule has 0 atom stereocenters. The fraction of sp³-hybridized carbons (Fsp3) is 0.935. The summed E-state index contributed by atoms with van der Waals surface area (Å²) in [6.07, 6.45) is 64.0. The maximum absolute atomic E-state index is 11.8. The van der Waals surface area contributed by atoms with Crippen LogP contribution in [0.5, 0.6) is 0 Å². The summed E-state index contributed by atoms with van der Waals surface area (Å²) in [5, 5.41) is 20.7. The van der Waals surface area contributed by atoms with Gasteiger partial charge in [-0.05, 0) is 51.4 Å². The monoisotopic (exact) mass is 1050 g/mol. The van der Waals surface area contributed by atoms with Gasteiger partial charge in [0.1, 0.15) is 0 Å². The zero-order valence-corrected chi connectivity index (χ0v) is 50.5. The number of unbranched alkanes of at least 4 members (excludes halogenated alkanes) is 46. The van der Waals surface area contributed by atoms with Crippen LogP contribution >= 0.6 is 0 Å². The number of carbonyl (C=O) groups is 4. The minimum absolute atomic E-state index is 0. The predicted molar refractivity (Wildman–Crippen MR) is 293 cm³/mol. The van der Waals surface area contributed by atoms with Crippen LogP contribution in [0, 0.1) is 0 Å². The maximum atomic E-state index is 11.8. The topological polar surface area (TPSA) is 133 Å². The van der Waals surface area contributed by atoms with Gasteiger partial charge in [-0.2, -0.15) is 0 Å². The Morgan fingerprint density at radius 3 is 0.577 bits per heavy atom. The molecule has 8 nitrogen and oxygen atoms in total. The summed E-state index contributed by atoms with van der Waals surface area (Å²) in [7, 11) is 0. The second-order valence-corrected chi connectivity index (χ2v) is 21.2. The van der Waals surface area contributed by atoms with Crippen LogP contribution in [0.1, 0.15) is 361 Å². The molecule has 0 fully saturated rings. The minimum Gasteiger partial charge on any atom is -0.550 e. The van der Waals surface area contributed by atoms with E-state index in [9.17, 15) is 29.4 Å². The molecule has 0 unspecified atom stereocenters. The number of carboxylic acid groups (broad SMARTS) is 2. The van der Waals surface area contributed by atoms with E-state index in [-0.39, 0.29) is 44.3 Å². The average molecular weight is 1060 g/mol. The molecular formula is C62H118O8Zn. The number of hydrogen-bond donors (Lipinski definition) is 0. The van der Waals surface area contributed by atoms with E-state index in [1.54, 1.807) is 0 Å². The van der Waals surface area contributed by atoms with Gasteiger partial charge in [-0.3, -0.25) is 9.59 Å². The zero-order valence-electron chi connectivity index (χ0n) is 47.6. The summed E-state index contributed by atoms with van der Waals surface area (Å²) < 4.78 is 10.8. The number of carbonyl (C=O) groups excluding carboxylic acids is 4. The van der Waals surface area contributed by atoms with Crippen LogP contribution in [-0.4, -0.2) is 37.1 Å². The van der Waals surface area contributed by atoms with Crippen molar-refractivity contribution < 1.29 is 58.3 Å². The molecule has 0 aromatic carbocycles. The van der Waals surface area contributed by atoms with Crippen molar-refractivity contribution in [1.29, 1.82) is 0 Å². The van der Waals surface area contributed by atoms with Crippen LogP contribution in [0.25, 0.3) is 0 Å². The Morgan fingerprint density at radius 1 is 0.239 bits per heavy atom. The summed E-state index contributed by atoms with van der Waals surface area (Å²) in [6, 6.07) is 0. The van der Waals surface area contributed by atoms with Gasteiger partial charge < -0.3 is 29.3 Å². The normalized spacial score (nSPS) is 11.0. The fourth-order valence-corrected chi connectivity index (χ4v) is 9.37. The van der Waals surface area contributed by atoms with Crippen LogP contribution in [-0.2, 0) is 48.1 Å². The number of carboxylic acids is 2. The van der Waals surface area contributed by atoms with E-state index in [0.29, 0.717) is 26.1 Å². The van der Waals surface area contributed by atoms with Crippen molar-refractivity contribution in [2.45, 2.75) is 361 Å². The molecule has 0 aromatic heterocycles. The third-order valence-electron chi connectivity index (χ3n) is 14.0. The Balaban J connectivity index is -0.00000128. The molecular weight excluding hydrogens is 938 g/mol. The van der Waals surface area contributed by atoms with Crippen LogP contribution < -0.4 is 10.2 Å². The van der Waals surface area contributed by atoms with E-state index in [0.717, 1.165) is 64.2 Å². The second kappa shape index (κ2) is 66.5. The van der Waals surface area contributed by atoms with Gasteiger partial charge in [-0.1, -0.05) is 296 Å². The summed E-state index contributed by atoms with van der Waals surface area (Å²) in [4.78, 5) is 44.3. The summed E-state index contributed by atoms with van der Waals surface area (Å²) >= 11 is 0. The fourth-order valence-electron chi connectivity index (χ4n) is 9.37. The Morgan fingerprint density at radius 2 is 0.394 bits per heavy atom. The van der Waals surface area contributed by atoms with Gasteiger partial charge in [0, 0.05) is 24.8 Å². The number of rotatable bonds is 58. The largest absolute Gasteiger partial charge is 2.00 e. The van der Waals surface area contributed by atoms with E-state index in [2.05, 4.69) is 13.8 Å². The maximum Gasteiger partial charge on any atom is 2.00 e. The molecule has 0 aliphatic rings. The predicted octanol–water partition coefficient (Wildman–Crippen LogP) is 17.7. The summed E-state index contributed by atoms with van der Waals surface area (Å²) in [5.74, 6) is -1.83. The first-order chi connectivity index (χ1) is 34.3. The van der Waals surface area contributed by atoms with E-state index in [1.165, 1.54) is 257 Å². The third-order valence-corrected chi connectivity index (χ3v) is 14.0. The van der Waals surface area contributed by atoms with E-state index < -0.39 is 11.9 Å². The van der Waals surface area contributed by atoms with E-state index in [4.69, 9.17) is 9.47 Å². The van der Waals surface area contributed by atoms with Crippen LogP contribution in [0.2, 0.25) is 0 Å². The third kappa shape index (κ3) is 72.8.